The Labute approximate surface area is 104 Å². The minimum absolute atomic E-state index is 0.180. The van der Waals surface area contributed by atoms with Crippen LogP contribution in [0.4, 0.5) is 0 Å². The summed E-state index contributed by atoms with van der Waals surface area (Å²) in [4.78, 5) is 2.39. The second kappa shape index (κ2) is 8.83. The molecule has 5 nitrogen and oxygen atoms in total. The lowest BCUT2D eigenvalue weighted by molar-refractivity contribution is -0.0610. The van der Waals surface area contributed by atoms with Crippen LogP contribution in [0.3, 0.4) is 0 Å². The highest BCUT2D eigenvalue weighted by Gasteiger charge is 2.24. The Bertz CT molecular complexity index is 193. The molecule has 1 saturated heterocycles. The van der Waals surface area contributed by atoms with Gasteiger partial charge < -0.3 is 19.9 Å². The van der Waals surface area contributed by atoms with Gasteiger partial charge >= 0.3 is 0 Å². The Morgan fingerprint density at radius 2 is 2.18 bits per heavy atom. The molecule has 0 aromatic rings. The first kappa shape index (κ1) is 14.9. The van der Waals surface area contributed by atoms with E-state index in [1.165, 1.54) is 0 Å². The van der Waals surface area contributed by atoms with Gasteiger partial charge in [-0.05, 0) is 13.3 Å². The SMILES string of the molecule is COCCCOCCN1CC(CN)OCC1C. The summed E-state index contributed by atoms with van der Waals surface area (Å²) >= 11 is 0. The molecule has 1 fully saturated rings. The van der Waals surface area contributed by atoms with Crippen LogP contribution in [0.2, 0.25) is 0 Å². The average molecular weight is 246 g/mol. The highest BCUT2D eigenvalue weighted by atomic mass is 16.5. The van der Waals surface area contributed by atoms with E-state index < -0.39 is 0 Å². The van der Waals surface area contributed by atoms with Gasteiger partial charge in [-0.15, -0.1) is 0 Å². The van der Waals surface area contributed by atoms with Crippen LogP contribution in [-0.2, 0) is 14.2 Å². The predicted molar refractivity (Wildman–Crippen MR) is 67.1 cm³/mol. The maximum atomic E-state index is 5.62. The van der Waals surface area contributed by atoms with Gasteiger partial charge in [0, 0.05) is 46.0 Å². The minimum Gasteiger partial charge on any atom is -0.385 e. The molecule has 1 aliphatic heterocycles. The fourth-order valence-corrected chi connectivity index (χ4v) is 1.92. The molecule has 17 heavy (non-hydrogen) atoms. The monoisotopic (exact) mass is 246 g/mol. The zero-order valence-electron chi connectivity index (χ0n) is 11.1. The van der Waals surface area contributed by atoms with Gasteiger partial charge in [-0.2, -0.15) is 0 Å². The van der Waals surface area contributed by atoms with Crippen molar-refractivity contribution in [1.29, 1.82) is 0 Å². The Balaban J connectivity index is 2.07. The standard InChI is InChI=1S/C12H26N2O3/c1-11-10-17-12(8-13)9-14(11)4-7-16-6-3-5-15-2/h11-12H,3-10,13H2,1-2H3. The highest BCUT2D eigenvalue weighted by Crippen LogP contribution is 2.10. The number of hydrogen-bond donors (Lipinski definition) is 1. The fraction of sp³-hybridized carbons (Fsp3) is 1.00. The lowest BCUT2D eigenvalue weighted by Gasteiger charge is -2.37. The topological polar surface area (TPSA) is 57.0 Å². The Morgan fingerprint density at radius 3 is 2.88 bits per heavy atom. The van der Waals surface area contributed by atoms with Crippen LogP contribution in [0.15, 0.2) is 0 Å². The van der Waals surface area contributed by atoms with Gasteiger partial charge in [0.1, 0.15) is 0 Å². The number of rotatable bonds is 8. The van der Waals surface area contributed by atoms with Crippen molar-refractivity contribution in [3.8, 4) is 0 Å². The molecule has 0 aromatic carbocycles. The second-order valence-electron chi connectivity index (χ2n) is 4.49. The quantitative estimate of drug-likeness (QED) is 0.615. The van der Waals surface area contributed by atoms with Gasteiger partial charge in [0.25, 0.3) is 0 Å². The van der Waals surface area contributed by atoms with Crippen molar-refractivity contribution in [2.24, 2.45) is 5.73 Å². The molecule has 0 aliphatic carbocycles. The first-order chi connectivity index (χ1) is 8.27. The van der Waals surface area contributed by atoms with Gasteiger partial charge in [0.15, 0.2) is 0 Å². The number of morpholine rings is 1. The third kappa shape index (κ3) is 5.79. The van der Waals surface area contributed by atoms with Crippen LogP contribution in [-0.4, -0.2) is 70.2 Å². The molecule has 0 aromatic heterocycles. The fourth-order valence-electron chi connectivity index (χ4n) is 1.92. The molecule has 0 bridgehead atoms. The number of methoxy groups -OCH3 is 1. The summed E-state index contributed by atoms with van der Waals surface area (Å²) in [7, 11) is 1.71. The van der Waals surface area contributed by atoms with Gasteiger partial charge in [0.2, 0.25) is 0 Å². The molecule has 1 rings (SSSR count). The van der Waals surface area contributed by atoms with Crippen LogP contribution in [0.5, 0.6) is 0 Å². The summed E-state index contributed by atoms with van der Waals surface area (Å²) < 4.78 is 16.1. The third-order valence-corrected chi connectivity index (χ3v) is 3.06. The van der Waals surface area contributed by atoms with E-state index in [1.807, 2.05) is 0 Å². The smallest absolute Gasteiger partial charge is 0.0824 e. The summed E-state index contributed by atoms with van der Waals surface area (Å²) in [6, 6.07) is 0.459. The average Bonchev–Trinajstić information content (AvgIpc) is 2.35. The van der Waals surface area contributed by atoms with Crippen molar-refractivity contribution < 1.29 is 14.2 Å². The van der Waals surface area contributed by atoms with E-state index in [0.29, 0.717) is 12.6 Å². The number of hydrogen-bond acceptors (Lipinski definition) is 5. The number of nitrogens with zero attached hydrogens (tertiary/aromatic N) is 1. The molecule has 2 unspecified atom stereocenters. The van der Waals surface area contributed by atoms with Gasteiger partial charge in [-0.3, -0.25) is 4.90 Å². The zero-order valence-corrected chi connectivity index (χ0v) is 11.1. The van der Waals surface area contributed by atoms with Crippen LogP contribution in [0.25, 0.3) is 0 Å². The minimum atomic E-state index is 0.180. The van der Waals surface area contributed by atoms with Crippen molar-refractivity contribution in [2.45, 2.75) is 25.5 Å². The Hall–Kier alpha value is -0.200. The molecular formula is C12H26N2O3. The second-order valence-corrected chi connectivity index (χ2v) is 4.49. The van der Waals surface area contributed by atoms with Crippen molar-refractivity contribution in [3.63, 3.8) is 0 Å². The summed E-state index contributed by atoms with van der Waals surface area (Å²) in [5.41, 5.74) is 5.62. The van der Waals surface area contributed by atoms with E-state index in [2.05, 4.69) is 11.8 Å². The maximum absolute atomic E-state index is 5.62. The molecule has 0 amide bonds. The molecule has 5 heteroatoms. The summed E-state index contributed by atoms with van der Waals surface area (Å²) in [5, 5.41) is 0. The largest absolute Gasteiger partial charge is 0.385 e. The molecule has 2 N–H and O–H groups in total. The van der Waals surface area contributed by atoms with Crippen LogP contribution in [0, 0.1) is 0 Å². The van der Waals surface area contributed by atoms with E-state index in [4.69, 9.17) is 19.9 Å². The van der Waals surface area contributed by atoms with E-state index in [0.717, 1.165) is 45.9 Å². The third-order valence-electron chi connectivity index (χ3n) is 3.06. The molecule has 1 heterocycles. The van der Waals surface area contributed by atoms with E-state index >= 15 is 0 Å². The first-order valence-electron chi connectivity index (χ1n) is 6.40. The van der Waals surface area contributed by atoms with Crippen molar-refractivity contribution in [1.82, 2.24) is 4.90 Å². The Kier molecular flexibility index (Phi) is 7.72. The number of nitrogens with two attached hydrogens (primary N) is 1. The van der Waals surface area contributed by atoms with Crippen molar-refractivity contribution in [3.05, 3.63) is 0 Å². The Morgan fingerprint density at radius 1 is 1.35 bits per heavy atom. The maximum Gasteiger partial charge on any atom is 0.0824 e. The van der Waals surface area contributed by atoms with E-state index in [9.17, 15) is 0 Å². The summed E-state index contributed by atoms with van der Waals surface area (Å²) in [6.45, 7) is 7.72. The first-order valence-corrected chi connectivity index (χ1v) is 6.40. The molecular weight excluding hydrogens is 220 g/mol. The molecule has 0 spiro atoms. The normalized spacial score (nSPS) is 26.3. The highest BCUT2D eigenvalue weighted by molar-refractivity contribution is 4.77. The zero-order chi connectivity index (χ0) is 12.5. The van der Waals surface area contributed by atoms with Crippen LogP contribution in [0.1, 0.15) is 13.3 Å². The lowest BCUT2D eigenvalue weighted by Crippen LogP contribution is -2.51. The van der Waals surface area contributed by atoms with Crippen molar-refractivity contribution in [2.75, 3.05) is 53.2 Å². The van der Waals surface area contributed by atoms with Gasteiger partial charge in [0.05, 0.1) is 19.3 Å². The summed E-state index contributed by atoms with van der Waals surface area (Å²) in [6.07, 6.45) is 1.14. The van der Waals surface area contributed by atoms with Crippen molar-refractivity contribution >= 4 is 0 Å². The van der Waals surface area contributed by atoms with Gasteiger partial charge in [-0.25, -0.2) is 0 Å². The number of ether oxygens (including phenoxy) is 3. The molecule has 1 aliphatic rings. The molecule has 0 radical (unpaired) electrons. The molecule has 2 atom stereocenters. The predicted octanol–water partition coefficient (Wildman–Crippen LogP) is 0.0875. The molecule has 102 valence electrons. The van der Waals surface area contributed by atoms with E-state index in [-0.39, 0.29) is 6.10 Å². The van der Waals surface area contributed by atoms with Crippen LogP contribution >= 0.6 is 0 Å². The van der Waals surface area contributed by atoms with Gasteiger partial charge in [-0.1, -0.05) is 0 Å². The lowest BCUT2D eigenvalue weighted by atomic mass is 10.2. The molecule has 0 saturated carbocycles. The van der Waals surface area contributed by atoms with E-state index in [1.54, 1.807) is 7.11 Å². The van der Waals surface area contributed by atoms with Crippen LogP contribution < -0.4 is 5.73 Å². The summed E-state index contributed by atoms with van der Waals surface area (Å²) in [5.74, 6) is 0.